The van der Waals surface area contributed by atoms with Gasteiger partial charge in [-0.1, -0.05) is 31.9 Å². The maximum absolute atomic E-state index is 13.0. The van der Waals surface area contributed by atoms with E-state index >= 15 is 0 Å². The van der Waals surface area contributed by atoms with Crippen LogP contribution in [0.3, 0.4) is 0 Å². The molecule has 6 heteroatoms. The molecule has 2 atom stereocenters. The zero-order valence-corrected chi connectivity index (χ0v) is 15.3. The summed E-state index contributed by atoms with van der Waals surface area (Å²) in [5.74, 6) is 0.656. The van der Waals surface area contributed by atoms with Gasteiger partial charge in [0.2, 0.25) is 10.0 Å². The van der Waals surface area contributed by atoms with E-state index in [2.05, 4.69) is 6.92 Å². The normalized spacial score (nSPS) is 27.0. The highest BCUT2D eigenvalue weighted by Gasteiger charge is 2.43. The van der Waals surface area contributed by atoms with Gasteiger partial charge in [0, 0.05) is 28.9 Å². The molecule has 0 N–H and O–H groups in total. The van der Waals surface area contributed by atoms with Crippen LogP contribution in [-0.2, 0) is 10.0 Å². The number of benzene rings is 1. The van der Waals surface area contributed by atoms with E-state index in [1.54, 1.807) is 4.31 Å². The molecule has 3 rings (SSSR count). The molecule has 0 bridgehead atoms. The number of piperidine rings is 1. The molecule has 1 fully saturated rings. The number of thioether (sulfide) groups is 1. The van der Waals surface area contributed by atoms with Crippen LogP contribution in [0.4, 0.5) is 0 Å². The van der Waals surface area contributed by atoms with Crippen LogP contribution < -0.4 is 0 Å². The Kier molecular flexibility index (Phi) is 4.79. The van der Waals surface area contributed by atoms with Crippen molar-refractivity contribution in [2.45, 2.75) is 48.5 Å². The monoisotopic (exact) mass is 359 g/mol. The molecule has 1 saturated heterocycles. The highest BCUT2D eigenvalue weighted by molar-refractivity contribution is 8.13. The van der Waals surface area contributed by atoms with Gasteiger partial charge in [-0.2, -0.15) is 0 Å². The largest absolute Gasteiger partial charge is 0.227 e. The third kappa shape index (κ3) is 2.93. The molecule has 0 radical (unpaired) electrons. The quantitative estimate of drug-likeness (QED) is 0.806. The number of hydrogen-bond donors (Lipinski definition) is 0. The van der Waals surface area contributed by atoms with Gasteiger partial charge in [0.15, 0.2) is 0 Å². The van der Waals surface area contributed by atoms with Crippen LogP contribution in [0.25, 0.3) is 0 Å². The van der Waals surface area contributed by atoms with Crippen LogP contribution in [0.2, 0.25) is 5.02 Å². The number of sulfonamides is 1. The van der Waals surface area contributed by atoms with Gasteiger partial charge >= 0.3 is 0 Å². The zero-order valence-electron chi connectivity index (χ0n) is 13.0. The summed E-state index contributed by atoms with van der Waals surface area (Å²) in [6.45, 7) is 5.52. The van der Waals surface area contributed by atoms with Gasteiger partial charge in [-0.05, 0) is 42.5 Å². The Labute approximate surface area is 142 Å². The molecular weight excluding hydrogens is 338 g/mol. The van der Waals surface area contributed by atoms with E-state index in [0.29, 0.717) is 24.0 Å². The lowest BCUT2D eigenvalue weighted by Crippen LogP contribution is -2.43. The van der Waals surface area contributed by atoms with Crippen LogP contribution in [0, 0.1) is 5.92 Å². The molecule has 1 aromatic rings. The molecule has 2 aliphatic heterocycles. The second kappa shape index (κ2) is 6.34. The zero-order chi connectivity index (χ0) is 15.9. The van der Waals surface area contributed by atoms with Crippen molar-refractivity contribution in [2.75, 3.05) is 13.1 Å². The number of halogens is 1. The first kappa shape index (κ1) is 16.6. The van der Waals surface area contributed by atoms with E-state index in [1.807, 2.05) is 25.1 Å². The van der Waals surface area contributed by atoms with Crippen LogP contribution in [0.5, 0.6) is 0 Å². The maximum atomic E-state index is 13.0. The molecule has 2 aliphatic rings. The Hall–Kier alpha value is -0.230. The number of fused-ring (bicyclic) bond motifs is 1. The molecule has 2 unspecified atom stereocenters. The lowest BCUT2D eigenvalue weighted by molar-refractivity contribution is 0.268. The summed E-state index contributed by atoms with van der Waals surface area (Å²) in [5, 5.41) is 0.674. The first-order chi connectivity index (χ1) is 10.4. The van der Waals surface area contributed by atoms with E-state index < -0.39 is 14.6 Å². The molecule has 22 heavy (non-hydrogen) atoms. The van der Waals surface area contributed by atoms with Crippen LogP contribution in [0.1, 0.15) is 44.6 Å². The summed E-state index contributed by atoms with van der Waals surface area (Å²) in [5.41, 5.74) is 1.06. The summed E-state index contributed by atoms with van der Waals surface area (Å²) in [6.07, 6.45) is 3.12. The van der Waals surface area contributed by atoms with Gasteiger partial charge in [0.1, 0.15) is 4.58 Å². The van der Waals surface area contributed by atoms with Crippen LogP contribution in [0.15, 0.2) is 23.1 Å². The second-order valence-corrected chi connectivity index (χ2v) is 10.2. The van der Waals surface area contributed by atoms with E-state index in [9.17, 15) is 8.42 Å². The van der Waals surface area contributed by atoms with Crippen molar-refractivity contribution in [1.29, 1.82) is 0 Å². The van der Waals surface area contributed by atoms with E-state index in [-0.39, 0.29) is 5.92 Å². The van der Waals surface area contributed by atoms with Crippen molar-refractivity contribution in [3.8, 4) is 0 Å². The lowest BCUT2D eigenvalue weighted by Gasteiger charge is -2.33. The Morgan fingerprint density at radius 1 is 1.32 bits per heavy atom. The predicted molar refractivity (Wildman–Crippen MR) is 93.0 cm³/mol. The molecule has 0 amide bonds. The fraction of sp³-hybridized carbons (Fsp3) is 0.625. The number of nitrogens with zero attached hydrogens (tertiary/aromatic N) is 1. The van der Waals surface area contributed by atoms with Gasteiger partial charge in [0.25, 0.3) is 0 Å². The smallest absolute Gasteiger partial charge is 0.211 e. The fourth-order valence-electron chi connectivity index (χ4n) is 3.39. The summed E-state index contributed by atoms with van der Waals surface area (Å²) in [4.78, 5) is 1.05. The second-order valence-electron chi connectivity index (χ2n) is 6.25. The van der Waals surface area contributed by atoms with Gasteiger partial charge in [0.05, 0.1) is 0 Å². The number of hydrogen-bond acceptors (Lipinski definition) is 3. The minimum Gasteiger partial charge on any atom is -0.211 e. The molecular formula is C16H22ClNO2S2. The molecule has 1 aromatic carbocycles. The van der Waals surface area contributed by atoms with Gasteiger partial charge in [-0.15, -0.1) is 11.8 Å². The van der Waals surface area contributed by atoms with Crippen molar-refractivity contribution in [3.63, 3.8) is 0 Å². The van der Waals surface area contributed by atoms with Crippen LogP contribution >= 0.6 is 23.4 Å². The molecule has 0 aliphatic carbocycles. The summed E-state index contributed by atoms with van der Waals surface area (Å²) >= 11 is 7.53. The first-order valence-electron chi connectivity index (χ1n) is 7.88. The van der Waals surface area contributed by atoms with Gasteiger partial charge < -0.3 is 0 Å². The highest BCUT2D eigenvalue weighted by Crippen LogP contribution is 2.49. The Morgan fingerprint density at radius 2 is 2.00 bits per heavy atom. The summed E-state index contributed by atoms with van der Waals surface area (Å²) < 4.78 is 27.3. The Morgan fingerprint density at radius 3 is 2.64 bits per heavy atom. The van der Waals surface area contributed by atoms with Crippen molar-refractivity contribution in [2.24, 2.45) is 5.92 Å². The average molecular weight is 360 g/mol. The minimum absolute atomic E-state index is 0.0207. The first-order valence-corrected chi connectivity index (χ1v) is 10.6. The summed E-state index contributed by atoms with van der Waals surface area (Å²) in [7, 11) is -3.27. The fourth-order valence-corrected chi connectivity index (χ4v) is 7.54. The summed E-state index contributed by atoms with van der Waals surface area (Å²) in [6, 6.07) is 5.69. The van der Waals surface area contributed by atoms with Crippen LogP contribution in [-0.4, -0.2) is 30.4 Å². The number of rotatable bonds is 3. The molecule has 0 saturated carbocycles. The van der Waals surface area contributed by atoms with Gasteiger partial charge in [-0.25, -0.2) is 12.7 Å². The third-order valence-electron chi connectivity index (χ3n) is 4.92. The van der Waals surface area contributed by atoms with Crippen molar-refractivity contribution in [3.05, 3.63) is 28.8 Å². The van der Waals surface area contributed by atoms with E-state index in [4.69, 9.17) is 11.6 Å². The third-order valence-corrected chi connectivity index (χ3v) is 9.52. The average Bonchev–Trinajstić information content (AvgIpc) is 2.85. The predicted octanol–water partition coefficient (Wildman–Crippen LogP) is 4.33. The molecule has 0 aromatic heterocycles. The van der Waals surface area contributed by atoms with Crippen molar-refractivity contribution >= 4 is 33.4 Å². The SMILES string of the molecule is CCC1CCN(S(=O)(=O)C2Sc3ccc(Cl)cc3C2C)CC1. The standard InChI is InChI=1S/C16H22ClNO2S2/c1-3-12-6-8-18(9-7-12)22(19,20)16-11(2)14-10-13(17)4-5-15(14)21-16/h4-5,10-12,16H,3,6-9H2,1-2H3. The highest BCUT2D eigenvalue weighted by atomic mass is 35.5. The van der Waals surface area contributed by atoms with Crippen molar-refractivity contribution in [1.82, 2.24) is 4.31 Å². The molecule has 3 nitrogen and oxygen atoms in total. The molecule has 122 valence electrons. The van der Waals surface area contributed by atoms with E-state index in [0.717, 1.165) is 29.7 Å². The Bertz CT molecular complexity index is 654. The minimum atomic E-state index is -3.27. The van der Waals surface area contributed by atoms with Gasteiger partial charge in [-0.3, -0.25) is 0 Å². The van der Waals surface area contributed by atoms with Crippen molar-refractivity contribution < 1.29 is 8.42 Å². The molecule has 2 heterocycles. The topological polar surface area (TPSA) is 37.4 Å². The lowest BCUT2D eigenvalue weighted by atomic mass is 9.96. The Balaban J connectivity index is 1.80. The molecule has 0 spiro atoms. The maximum Gasteiger partial charge on any atom is 0.227 e. The van der Waals surface area contributed by atoms with E-state index in [1.165, 1.54) is 11.8 Å².